The lowest BCUT2D eigenvalue weighted by Gasteiger charge is -2.41. The highest BCUT2D eigenvalue weighted by atomic mass is 29.6. The molecule has 0 unspecified atom stereocenters. The Morgan fingerprint density at radius 2 is 1.07 bits per heavy atom. The van der Waals surface area contributed by atoms with Gasteiger partial charge in [0, 0.05) is 0 Å². The van der Waals surface area contributed by atoms with Crippen molar-refractivity contribution in [1.29, 1.82) is 0 Å². The van der Waals surface area contributed by atoms with Crippen LogP contribution in [0.5, 0.6) is 0 Å². The largest absolute Gasteiger partial charge is 0.461 e. The summed E-state index contributed by atoms with van der Waals surface area (Å²) in [7, 11) is -6.04. The van der Waals surface area contributed by atoms with Crippen LogP contribution in [0.3, 0.4) is 0 Å². The van der Waals surface area contributed by atoms with Crippen molar-refractivity contribution in [3.8, 4) is 0 Å². The molecule has 1 radical (unpaired) electrons. The van der Waals surface area contributed by atoms with Gasteiger partial charge in [-0.1, -0.05) is 73.8 Å². The quantitative estimate of drug-likeness (QED) is 0.518. The maximum atomic E-state index is 7.08. The Morgan fingerprint density at radius 3 is 1.41 bits per heavy atom. The Bertz CT molecular complexity index is 625. The summed E-state index contributed by atoms with van der Waals surface area (Å²) in [6.07, 6.45) is -0.0518. The van der Waals surface area contributed by atoms with Crippen molar-refractivity contribution in [1.82, 2.24) is 0 Å². The average Bonchev–Trinajstić information content (AvgIpc) is 2.63. The van der Waals surface area contributed by atoms with Gasteiger partial charge in [-0.3, -0.25) is 0 Å². The third-order valence-corrected chi connectivity index (χ3v) is 36.0. The maximum absolute atomic E-state index is 7.08. The van der Waals surface area contributed by atoms with Crippen LogP contribution in [0.4, 0.5) is 0 Å². The van der Waals surface area contributed by atoms with E-state index in [9.17, 15) is 0 Å². The van der Waals surface area contributed by atoms with E-state index in [1.165, 1.54) is 11.1 Å². The second-order valence-electron chi connectivity index (χ2n) is 7.54. The molecule has 0 saturated carbocycles. The molecule has 0 aliphatic rings. The second-order valence-corrected chi connectivity index (χ2v) is 29.4. The third-order valence-electron chi connectivity index (χ3n) is 4.54. The van der Waals surface area contributed by atoms with E-state index in [-0.39, 0.29) is 6.10 Å². The monoisotopic (exact) mass is 449 g/mol. The summed E-state index contributed by atoms with van der Waals surface area (Å²) in [4.78, 5) is 0. The van der Waals surface area contributed by atoms with Gasteiger partial charge in [0.05, 0.1) is 6.10 Å². The molecule has 2 aromatic rings. The van der Waals surface area contributed by atoms with Crippen molar-refractivity contribution in [2.75, 3.05) is 0 Å². The Kier molecular flexibility index (Phi) is 8.62. The van der Waals surface area contributed by atoms with Gasteiger partial charge in [-0.25, -0.2) is 0 Å². The number of benzene rings is 2. The Morgan fingerprint density at radius 1 is 0.704 bits per heavy atom. The Balaban J connectivity index is 2.46. The zero-order chi connectivity index (χ0) is 19.9. The van der Waals surface area contributed by atoms with E-state index < -0.39 is 43.3 Å². The number of hydrogen-bond acceptors (Lipinski definition) is 3. The fourth-order valence-corrected chi connectivity index (χ4v) is 41.6. The highest BCUT2D eigenvalue weighted by molar-refractivity contribution is 7.56. The van der Waals surface area contributed by atoms with Crippen LogP contribution >= 0.6 is 0 Å². The van der Waals surface area contributed by atoms with Crippen molar-refractivity contribution in [3.63, 3.8) is 0 Å². The predicted octanol–water partition coefficient (Wildman–Crippen LogP) is 3.65. The standard InChI is InChI=1S/C19H33O3Si5/c1-23-21-26(3,4)25(27(5,6)22-24-2)20-19(17-13-9-7-10-14-17)18-15-11-8-12-16-18/h7-16,19H,23-24H2,1-6H3. The SMILES string of the molecule is C[SiH2]O[Si](C)(C)[Si](OC(c1ccccc1)c1ccccc1)[Si](C)(C)O[SiH2]C. The molecule has 0 amide bonds. The van der Waals surface area contributed by atoms with Crippen LogP contribution in [0.25, 0.3) is 0 Å². The van der Waals surface area contributed by atoms with E-state index in [0.717, 1.165) is 0 Å². The van der Waals surface area contributed by atoms with Crippen molar-refractivity contribution in [2.24, 2.45) is 0 Å². The molecule has 0 aliphatic carbocycles. The fourth-order valence-electron chi connectivity index (χ4n) is 3.56. The molecule has 8 heteroatoms. The lowest BCUT2D eigenvalue weighted by molar-refractivity contribution is 0.257. The van der Waals surface area contributed by atoms with Crippen LogP contribution < -0.4 is 0 Å². The predicted molar refractivity (Wildman–Crippen MR) is 128 cm³/mol. The summed E-state index contributed by atoms with van der Waals surface area (Å²) in [6, 6.07) is 21.2. The molecule has 0 fully saturated rings. The van der Waals surface area contributed by atoms with Crippen LogP contribution in [0.1, 0.15) is 17.2 Å². The molecule has 0 N–H and O–H groups in total. The summed E-state index contributed by atoms with van der Waals surface area (Å²) >= 11 is 0. The summed E-state index contributed by atoms with van der Waals surface area (Å²) in [5, 5.41) is 0. The lowest BCUT2D eigenvalue weighted by Crippen LogP contribution is -2.66. The van der Waals surface area contributed by atoms with Crippen molar-refractivity contribution in [3.05, 3.63) is 71.8 Å². The topological polar surface area (TPSA) is 27.7 Å². The van der Waals surface area contributed by atoms with Gasteiger partial charge in [0.2, 0.25) is 8.08 Å². The molecular weight excluding hydrogens is 417 g/mol. The zero-order valence-corrected chi connectivity index (χ0v) is 23.3. The molecule has 0 spiro atoms. The van der Waals surface area contributed by atoms with Crippen LogP contribution in [-0.4, -0.2) is 43.3 Å². The molecule has 0 aliphatic heterocycles. The minimum Gasteiger partial charge on any atom is -0.461 e. The van der Waals surface area contributed by atoms with Gasteiger partial charge in [0.1, 0.15) is 19.5 Å². The van der Waals surface area contributed by atoms with Crippen LogP contribution in [0.2, 0.25) is 39.3 Å². The molecule has 0 saturated heterocycles. The first-order valence-electron chi connectivity index (χ1n) is 9.74. The molecule has 0 aromatic heterocycles. The smallest absolute Gasteiger partial charge is 0.247 e. The van der Waals surface area contributed by atoms with Crippen LogP contribution in [-0.2, 0) is 12.7 Å². The lowest BCUT2D eigenvalue weighted by atomic mass is 10.0. The molecule has 0 bridgehead atoms. The van der Waals surface area contributed by atoms with Gasteiger partial charge in [-0.05, 0) is 37.3 Å². The van der Waals surface area contributed by atoms with E-state index in [1.54, 1.807) is 0 Å². The zero-order valence-electron chi connectivity index (χ0n) is 17.5. The molecular formula is C19H33O3Si5. The van der Waals surface area contributed by atoms with E-state index in [2.05, 4.69) is 99.9 Å². The molecule has 2 rings (SSSR count). The highest BCUT2D eigenvalue weighted by Crippen LogP contribution is 2.31. The number of rotatable bonds is 10. The van der Waals surface area contributed by atoms with E-state index in [4.69, 9.17) is 12.7 Å². The third kappa shape index (κ3) is 6.19. The fraction of sp³-hybridized carbons (Fsp3) is 0.368. The summed E-state index contributed by atoms with van der Waals surface area (Å²) < 4.78 is 20.0. The van der Waals surface area contributed by atoms with E-state index >= 15 is 0 Å². The normalized spacial score (nSPS) is 13.6. The summed E-state index contributed by atoms with van der Waals surface area (Å²) in [5.41, 5.74) is 2.42. The number of hydrogen-bond donors (Lipinski definition) is 0. The van der Waals surface area contributed by atoms with Gasteiger partial charge in [0.25, 0.3) is 0 Å². The highest BCUT2D eigenvalue weighted by Gasteiger charge is 2.51. The van der Waals surface area contributed by atoms with Crippen molar-refractivity contribution in [2.45, 2.75) is 45.4 Å². The van der Waals surface area contributed by atoms with Crippen molar-refractivity contribution < 1.29 is 12.7 Å². The minimum atomic E-state index is -1.93. The molecule has 147 valence electrons. The Hall–Kier alpha value is -0.596. The van der Waals surface area contributed by atoms with Crippen molar-refractivity contribution >= 4 is 43.3 Å². The first kappa shape index (κ1) is 22.7. The van der Waals surface area contributed by atoms with Gasteiger partial charge in [0.15, 0.2) is 15.7 Å². The molecule has 3 nitrogen and oxygen atoms in total. The van der Waals surface area contributed by atoms with Gasteiger partial charge < -0.3 is 12.7 Å². The summed E-state index contributed by atoms with van der Waals surface area (Å²) in [5.74, 6) is 0. The average molecular weight is 450 g/mol. The van der Waals surface area contributed by atoms with E-state index in [1.807, 2.05) is 0 Å². The Labute approximate surface area is 172 Å². The van der Waals surface area contributed by atoms with Gasteiger partial charge in [-0.2, -0.15) is 0 Å². The molecule has 2 aromatic carbocycles. The molecule has 27 heavy (non-hydrogen) atoms. The first-order chi connectivity index (χ1) is 12.8. The summed E-state index contributed by atoms with van der Waals surface area (Å²) in [6.45, 7) is 13.8. The van der Waals surface area contributed by atoms with E-state index in [0.29, 0.717) is 0 Å². The molecule has 0 atom stereocenters. The molecule has 0 heterocycles. The van der Waals surface area contributed by atoms with Crippen LogP contribution in [0.15, 0.2) is 60.7 Å². The maximum Gasteiger partial charge on any atom is 0.247 e. The first-order valence-corrected chi connectivity index (χ1v) is 22.9. The van der Waals surface area contributed by atoms with Crippen LogP contribution in [0, 0.1) is 0 Å². The second kappa shape index (κ2) is 10.3. The van der Waals surface area contributed by atoms with Gasteiger partial charge in [-0.15, -0.1) is 0 Å². The minimum absolute atomic E-state index is 0.0518. The van der Waals surface area contributed by atoms with Gasteiger partial charge >= 0.3 is 0 Å².